The molecule has 0 saturated carbocycles. The second-order valence-corrected chi connectivity index (χ2v) is 5.25. The van der Waals surface area contributed by atoms with Crippen molar-refractivity contribution in [3.05, 3.63) is 53.6 Å². The Morgan fingerprint density at radius 3 is 2.85 bits per heavy atom. The largest absolute Gasteiger partial charge is 0.349 e. The van der Waals surface area contributed by atoms with Crippen molar-refractivity contribution in [2.75, 3.05) is 7.05 Å². The van der Waals surface area contributed by atoms with Gasteiger partial charge in [0, 0.05) is 36.7 Å². The lowest BCUT2D eigenvalue weighted by Gasteiger charge is -2.18. The molecule has 4 nitrogen and oxygen atoms in total. The summed E-state index contributed by atoms with van der Waals surface area (Å²) >= 11 is 0. The molecule has 0 bridgehead atoms. The summed E-state index contributed by atoms with van der Waals surface area (Å²) in [5, 5.41) is 12.4. The highest BCUT2D eigenvalue weighted by atomic mass is 15.0. The van der Waals surface area contributed by atoms with Crippen molar-refractivity contribution in [3.8, 4) is 6.07 Å². The Kier molecular flexibility index (Phi) is 4.54. The molecule has 0 aliphatic rings. The summed E-state index contributed by atoms with van der Waals surface area (Å²) in [7, 11) is 1.98. The SMILES string of the molecule is CNC(c1ccn(Cc2cccnc2C#N)c1)C(C)C. The van der Waals surface area contributed by atoms with Gasteiger partial charge in [0.25, 0.3) is 0 Å². The Labute approximate surface area is 120 Å². The summed E-state index contributed by atoms with van der Waals surface area (Å²) < 4.78 is 2.10. The summed E-state index contributed by atoms with van der Waals surface area (Å²) in [5.41, 5.74) is 2.71. The van der Waals surface area contributed by atoms with Crippen molar-refractivity contribution in [3.63, 3.8) is 0 Å². The van der Waals surface area contributed by atoms with Gasteiger partial charge in [-0.15, -0.1) is 0 Å². The maximum atomic E-state index is 9.07. The van der Waals surface area contributed by atoms with E-state index in [-0.39, 0.29) is 0 Å². The summed E-state index contributed by atoms with van der Waals surface area (Å²) in [6.07, 6.45) is 5.84. The van der Waals surface area contributed by atoms with Crippen molar-refractivity contribution < 1.29 is 0 Å². The lowest BCUT2D eigenvalue weighted by atomic mass is 9.99. The van der Waals surface area contributed by atoms with Gasteiger partial charge in [0.05, 0.1) is 0 Å². The van der Waals surface area contributed by atoms with Crippen LogP contribution in [0.5, 0.6) is 0 Å². The fraction of sp³-hybridized carbons (Fsp3) is 0.375. The smallest absolute Gasteiger partial charge is 0.145 e. The van der Waals surface area contributed by atoms with Crippen molar-refractivity contribution in [2.24, 2.45) is 5.92 Å². The van der Waals surface area contributed by atoms with E-state index in [1.165, 1.54) is 5.56 Å². The zero-order valence-corrected chi connectivity index (χ0v) is 12.2. The minimum atomic E-state index is 0.348. The van der Waals surface area contributed by atoms with Crippen LogP contribution in [0.15, 0.2) is 36.8 Å². The van der Waals surface area contributed by atoms with Crippen LogP contribution >= 0.6 is 0 Å². The Morgan fingerprint density at radius 2 is 2.20 bits per heavy atom. The van der Waals surface area contributed by atoms with Crippen molar-refractivity contribution in [1.82, 2.24) is 14.9 Å². The molecule has 0 radical (unpaired) electrons. The van der Waals surface area contributed by atoms with Gasteiger partial charge in [-0.25, -0.2) is 4.98 Å². The van der Waals surface area contributed by atoms with Crippen LogP contribution in [0.3, 0.4) is 0 Å². The van der Waals surface area contributed by atoms with Gasteiger partial charge in [0.2, 0.25) is 0 Å². The predicted octanol–water partition coefficient (Wildman–Crippen LogP) is 2.72. The first-order valence-electron chi connectivity index (χ1n) is 6.82. The highest BCUT2D eigenvalue weighted by Gasteiger charge is 2.14. The molecular formula is C16H20N4. The average Bonchev–Trinajstić information content (AvgIpc) is 2.88. The topological polar surface area (TPSA) is 53.6 Å². The van der Waals surface area contributed by atoms with E-state index in [2.05, 4.69) is 53.2 Å². The number of rotatable bonds is 5. The number of nitrogens with one attached hydrogen (secondary N) is 1. The molecule has 0 spiro atoms. The van der Waals surface area contributed by atoms with Gasteiger partial charge in [-0.3, -0.25) is 0 Å². The first kappa shape index (κ1) is 14.3. The van der Waals surface area contributed by atoms with Crippen LogP contribution in [-0.4, -0.2) is 16.6 Å². The van der Waals surface area contributed by atoms with Crippen LogP contribution in [-0.2, 0) is 6.54 Å². The van der Waals surface area contributed by atoms with E-state index in [1.807, 2.05) is 19.2 Å². The fourth-order valence-corrected chi connectivity index (χ4v) is 2.49. The van der Waals surface area contributed by atoms with Crippen LogP contribution in [0.2, 0.25) is 0 Å². The van der Waals surface area contributed by atoms with Crippen LogP contribution < -0.4 is 5.32 Å². The van der Waals surface area contributed by atoms with Crippen molar-refractivity contribution >= 4 is 0 Å². The minimum absolute atomic E-state index is 0.348. The van der Waals surface area contributed by atoms with Gasteiger partial charge in [-0.1, -0.05) is 19.9 Å². The summed E-state index contributed by atoms with van der Waals surface area (Å²) in [6.45, 7) is 5.08. The molecule has 2 aromatic rings. The van der Waals surface area contributed by atoms with E-state index in [0.717, 1.165) is 5.56 Å². The Balaban J connectivity index is 2.20. The van der Waals surface area contributed by atoms with Gasteiger partial charge < -0.3 is 9.88 Å². The quantitative estimate of drug-likeness (QED) is 0.907. The molecule has 0 fully saturated rings. The van der Waals surface area contributed by atoms with Crippen LogP contribution in [0.25, 0.3) is 0 Å². The van der Waals surface area contributed by atoms with Gasteiger partial charge in [-0.05, 0) is 30.7 Å². The maximum absolute atomic E-state index is 9.07. The van der Waals surface area contributed by atoms with E-state index < -0.39 is 0 Å². The van der Waals surface area contributed by atoms with Crippen LogP contribution in [0.4, 0.5) is 0 Å². The normalized spacial score (nSPS) is 12.3. The molecule has 0 saturated heterocycles. The summed E-state index contributed by atoms with van der Waals surface area (Å²) in [4.78, 5) is 4.09. The predicted molar refractivity (Wildman–Crippen MR) is 79.1 cm³/mol. The molecule has 4 heteroatoms. The van der Waals surface area contributed by atoms with E-state index in [1.54, 1.807) is 6.20 Å². The number of pyridine rings is 1. The van der Waals surface area contributed by atoms with E-state index in [4.69, 9.17) is 5.26 Å². The zero-order chi connectivity index (χ0) is 14.5. The third kappa shape index (κ3) is 3.06. The van der Waals surface area contributed by atoms with Crippen LogP contribution in [0.1, 0.15) is 36.7 Å². The second-order valence-electron chi connectivity index (χ2n) is 5.25. The van der Waals surface area contributed by atoms with Gasteiger partial charge in [0.15, 0.2) is 0 Å². The first-order valence-corrected chi connectivity index (χ1v) is 6.82. The van der Waals surface area contributed by atoms with E-state index in [9.17, 15) is 0 Å². The lowest BCUT2D eigenvalue weighted by molar-refractivity contribution is 0.443. The number of nitrogens with zero attached hydrogens (tertiary/aromatic N) is 3. The number of hydrogen-bond acceptors (Lipinski definition) is 3. The van der Waals surface area contributed by atoms with Gasteiger partial charge in [-0.2, -0.15) is 5.26 Å². The molecule has 1 atom stereocenters. The summed E-state index contributed by atoms with van der Waals surface area (Å²) in [5.74, 6) is 0.531. The highest BCUT2D eigenvalue weighted by Crippen LogP contribution is 2.21. The third-order valence-electron chi connectivity index (χ3n) is 3.46. The zero-order valence-electron chi connectivity index (χ0n) is 12.2. The number of hydrogen-bond donors (Lipinski definition) is 1. The molecule has 1 unspecified atom stereocenters. The molecule has 0 amide bonds. The Hall–Kier alpha value is -2.12. The van der Waals surface area contributed by atoms with Gasteiger partial charge >= 0.3 is 0 Å². The average molecular weight is 268 g/mol. The molecule has 2 heterocycles. The molecular weight excluding hydrogens is 248 g/mol. The second kappa shape index (κ2) is 6.36. The summed E-state index contributed by atoms with van der Waals surface area (Å²) in [6, 6.07) is 8.43. The molecule has 0 aliphatic carbocycles. The fourth-order valence-electron chi connectivity index (χ4n) is 2.49. The number of nitriles is 1. The highest BCUT2D eigenvalue weighted by molar-refractivity contribution is 5.31. The molecule has 1 N–H and O–H groups in total. The molecule has 104 valence electrons. The molecule has 0 aliphatic heterocycles. The Morgan fingerprint density at radius 1 is 1.40 bits per heavy atom. The van der Waals surface area contributed by atoms with E-state index in [0.29, 0.717) is 24.2 Å². The van der Waals surface area contributed by atoms with Crippen molar-refractivity contribution in [2.45, 2.75) is 26.4 Å². The van der Waals surface area contributed by atoms with Crippen LogP contribution in [0, 0.1) is 17.2 Å². The standard InChI is InChI=1S/C16H20N4/c1-12(2)16(18-3)14-6-8-20(11-14)10-13-5-4-7-19-15(13)9-17/h4-8,11-12,16,18H,10H2,1-3H3. The third-order valence-corrected chi connectivity index (χ3v) is 3.46. The molecule has 2 rings (SSSR count). The molecule has 0 aromatic carbocycles. The minimum Gasteiger partial charge on any atom is -0.349 e. The molecule has 2 aromatic heterocycles. The maximum Gasteiger partial charge on any atom is 0.145 e. The molecule has 20 heavy (non-hydrogen) atoms. The first-order chi connectivity index (χ1) is 9.65. The Bertz CT molecular complexity index is 607. The monoisotopic (exact) mass is 268 g/mol. The number of aromatic nitrogens is 2. The lowest BCUT2D eigenvalue weighted by Crippen LogP contribution is -2.21. The van der Waals surface area contributed by atoms with E-state index >= 15 is 0 Å². The van der Waals surface area contributed by atoms with Gasteiger partial charge in [0.1, 0.15) is 11.8 Å². The van der Waals surface area contributed by atoms with Crippen molar-refractivity contribution in [1.29, 1.82) is 5.26 Å².